The minimum Gasteiger partial charge on any atom is -0.447 e. The first-order valence-electron chi connectivity index (χ1n) is 5.94. The van der Waals surface area contributed by atoms with Gasteiger partial charge in [0.2, 0.25) is 0 Å². The molecule has 1 fully saturated rings. The molecule has 20 heavy (non-hydrogen) atoms. The number of hydrogen-bond acceptors (Lipinski definition) is 5. The molecule has 3 rings (SSSR count). The van der Waals surface area contributed by atoms with Gasteiger partial charge in [0.1, 0.15) is 12.3 Å². The van der Waals surface area contributed by atoms with E-state index in [4.69, 9.17) is 4.74 Å². The van der Waals surface area contributed by atoms with Crippen LogP contribution >= 0.6 is 0 Å². The monoisotopic (exact) mass is 278 g/mol. The Hall–Kier alpha value is -2.48. The van der Waals surface area contributed by atoms with E-state index in [1.807, 2.05) is 0 Å². The number of ether oxygens (including phenoxy) is 1. The van der Waals surface area contributed by atoms with Gasteiger partial charge < -0.3 is 9.84 Å². The van der Waals surface area contributed by atoms with Gasteiger partial charge in [-0.3, -0.25) is 4.90 Å². The van der Waals surface area contributed by atoms with Crippen LogP contribution in [0.5, 0.6) is 0 Å². The van der Waals surface area contributed by atoms with E-state index in [2.05, 4.69) is 10.3 Å². The number of nitrogens with zero attached hydrogens (tertiary/aromatic N) is 4. The molecule has 2 heterocycles. The fourth-order valence-electron chi connectivity index (χ4n) is 2.08. The third kappa shape index (κ3) is 1.99. The van der Waals surface area contributed by atoms with Crippen molar-refractivity contribution in [2.75, 3.05) is 18.1 Å². The Balaban J connectivity index is 1.96. The van der Waals surface area contributed by atoms with E-state index in [0.29, 0.717) is 5.69 Å². The van der Waals surface area contributed by atoms with Crippen molar-refractivity contribution < 1.29 is 19.0 Å². The molecule has 0 spiro atoms. The summed E-state index contributed by atoms with van der Waals surface area (Å²) < 4.78 is 20.2. The minimum absolute atomic E-state index is 0.0851. The Kier molecular flexibility index (Phi) is 3.07. The molecule has 0 aliphatic carbocycles. The van der Waals surface area contributed by atoms with Gasteiger partial charge in [-0.2, -0.15) is 0 Å². The lowest BCUT2D eigenvalue weighted by atomic mass is 10.2. The fourth-order valence-corrected chi connectivity index (χ4v) is 2.08. The largest absolute Gasteiger partial charge is 0.447 e. The van der Waals surface area contributed by atoms with Crippen molar-refractivity contribution in [3.05, 3.63) is 36.4 Å². The molecule has 0 unspecified atom stereocenters. The molecule has 0 radical (unpaired) electrons. The summed E-state index contributed by atoms with van der Waals surface area (Å²) in [5, 5.41) is 16.5. The molecule has 104 valence electrons. The number of carbonyl (C=O) groups excluding carboxylic acids is 1. The van der Waals surface area contributed by atoms with Gasteiger partial charge in [-0.25, -0.2) is 13.9 Å². The third-order valence-electron chi connectivity index (χ3n) is 3.05. The predicted octanol–water partition coefficient (Wildman–Crippen LogP) is 0.724. The zero-order chi connectivity index (χ0) is 14.1. The third-order valence-corrected chi connectivity index (χ3v) is 3.05. The molecular formula is C12H11FN4O3. The van der Waals surface area contributed by atoms with Crippen molar-refractivity contribution in [3.63, 3.8) is 0 Å². The van der Waals surface area contributed by atoms with Crippen molar-refractivity contribution >= 4 is 11.8 Å². The van der Waals surface area contributed by atoms with Gasteiger partial charge >= 0.3 is 6.09 Å². The number of aromatic nitrogens is 3. The van der Waals surface area contributed by atoms with Crippen LogP contribution in [-0.4, -0.2) is 45.4 Å². The molecule has 1 aromatic carbocycles. The molecule has 0 bridgehead atoms. The zero-order valence-corrected chi connectivity index (χ0v) is 10.3. The minimum atomic E-state index is -0.600. The van der Waals surface area contributed by atoms with E-state index in [0.717, 1.165) is 0 Å². The maximum Gasteiger partial charge on any atom is 0.414 e. The van der Waals surface area contributed by atoms with Gasteiger partial charge in [0.25, 0.3) is 0 Å². The second kappa shape index (κ2) is 4.89. The van der Waals surface area contributed by atoms with Crippen molar-refractivity contribution in [1.29, 1.82) is 0 Å². The molecule has 1 amide bonds. The summed E-state index contributed by atoms with van der Waals surface area (Å²) in [7, 11) is 0. The molecule has 8 heteroatoms. The van der Waals surface area contributed by atoms with E-state index < -0.39 is 18.0 Å². The maximum absolute atomic E-state index is 14.1. The first-order valence-corrected chi connectivity index (χ1v) is 5.94. The Bertz CT molecular complexity index is 632. The van der Waals surface area contributed by atoms with Crippen molar-refractivity contribution in [2.45, 2.75) is 6.04 Å². The number of aliphatic hydroxyl groups is 1. The fraction of sp³-hybridized carbons (Fsp3) is 0.250. The van der Waals surface area contributed by atoms with E-state index in [1.165, 1.54) is 34.1 Å². The van der Waals surface area contributed by atoms with Gasteiger partial charge in [-0.15, -0.1) is 5.10 Å². The van der Waals surface area contributed by atoms with E-state index in [1.54, 1.807) is 6.07 Å². The molecule has 1 saturated heterocycles. The summed E-state index contributed by atoms with van der Waals surface area (Å²) in [4.78, 5) is 12.8. The second-order valence-corrected chi connectivity index (χ2v) is 4.27. The van der Waals surface area contributed by atoms with Crippen LogP contribution in [0.4, 0.5) is 14.9 Å². The lowest BCUT2D eigenvalue weighted by Gasteiger charge is -2.20. The topological polar surface area (TPSA) is 80.5 Å². The first kappa shape index (κ1) is 12.5. The van der Waals surface area contributed by atoms with Gasteiger partial charge in [-0.05, 0) is 18.2 Å². The Labute approximate surface area is 113 Å². The number of anilines is 1. The van der Waals surface area contributed by atoms with Gasteiger partial charge in [-0.1, -0.05) is 5.21 Å². The summed E-state index contributed by atoms with van der Waals surface area (Å²) in [6, 6.07) is 3.75. The summed E-state index contributed by atoms with van der Waals surface area (Å²) in [5.41, 5.74) is 0.548. The Morgan fingerprint density at radius 3 is 3.00 bits per heavy atom. The Morgan fingerprint density at radius 2 is 2.35 bits per heavy atom. The van der Waals surface area contributed by atoms with Gasteiger partial charge in [0.15, 0.2) is 5.82 Å². The van der Waals surface area contributed by atoms with E-state index >= 15 is 0 Å². The highest BCUT2D eigenvalue weighted by atomic mass is 19.1. The molecule has 1 aliphatic heterocycles. The smallest absolute Gasteiger partial charge is 0.414 e. The van der Waals surface area contributed by atoms with Crippen LogP contribution in [-0.2, 0) is 4.74 Å². The van der Waals surface area contributed by atoms with Crippen molar-refractivity contribution in [2.24, 2.45) is 0 Å². The predicted molar refractivity (Wildman–Crippen MR) is 66.0 cm³/mol. The number of halogens is 1. The number of amides is 1. The summed E-state index contributed by atoms with van der Waals surface area (Å²) >= 11 is 0. The first-order chi connectivity index (χ1) is 9.70. The van der Waals surface area contributed by atoms with Crippen LogP contribution < -0.4 is 4.90 Å². The van der Waals surface area contributed by atoms with Crippen LogP contribution in [0.1, 0.15) is 0 Å². The summed E-state index contributed by atoms with van der Waals surface area (Å²) in [6.45, 7) is -0.167. The SMILES string of the molecule is O=C1OC[C@@H](CO)N1c1ccc(-n2ccnn2)c(F)c1. The van der Waals surface area contributed by atoms with Crippen molar-refractivity contribution in [3.8, 4) is 5.69 Å². The summed E-state index contributed by atoms with van der Waals surface area (Å²) in [5.74, 6) is -0.551. The number of hydrogen-bond donors (Lipinski definition) is 1. The maximum atomic E-state index is 14.1. The highest BCUT2D eigenvalue weighted by molar-refractivity contribution is 5.90. The molecule has 1 aliphatic rings. The van der Waals surface area contributed by atoms with Crippen LogP contribution in [0.25, 0.3) is 5.69 Å². The molecule has 7 nitrogen and oxygen atoms in total. The molecular weight excluding hydrogens is 267 g/mol. The average Bonchev–Trinajstić information content (AvgIpc) is 3.07. The second-order valence-electron chi connectivity index (χ2n) is 4.27. The van der Waals surface area contributed by atoms with Gasteiger partial charge in [0, 0.05) is 0 Å². The standard InChI is InChI=1S/C12H11FN4O3/c13-10-5-8(17-9(6-18)7-20-12(17)19)1-2-11(10)16-4-3-14-15-16/h1-5,9,18H,6-7H2/t9-/m1/s1. The quantitative estimate of drug-likeness (QED) is 0.895. The van der Waals surface area contributed by atoms with Gasteiger partial charge in [0.05, 0.1) is 30.7 Å². The van der Waals surface area contributed by atoms with Crippen LogP contribution in [0.15, 0.2) is 30.6 Å². The highest BCUT2D eigenvalue weighted by Crippen LogP contribution is 2.26. The van der Waals surface area contributed by atoms with E-state index in [-0.39, 0.29) is 18.9 Å². The van der Waals surface area contributed by atoms with Crippen molar-refractivity contribution in [1.82, 2.24) is 15.0 Å². The van der Waals surface area contributed by atoms with Crippen LogP contribution in [0.2, 0.25) is 0 Å². The highest BCUT2D eigenvalue weighted by Gasteiger charge is 2.34. The van der Waals surface area contributed by atoms with Crippen LogP contribution in [0, 0.1) is 5.82 Å². The summed E-state index contributed by atoms with van der Waals surface area (Å²) in [6.07, 6.45) is 2.35. The number of benzene rings is 1. The number of cyclic esters (lactones) is 1. The lowest BCUT2D eigenvalue weighted by molar-refractivity contribution is 0.174. The molecule has 1 aromatic heterocycles. The zero-order valence-electron chi connectivity index (χ0n) is 10.3. The lowest BCUT2D eigenvalue weighted by Crippen LogP contribution is -2.36. The number of rotatable bonds is 3. The molecule has 1 atom stereocenters. The van der Waals surface area contributed by atoms with E-state index in [9.17, 15) is 14.3 Å². The van der Waals surface area contributed by atoms with Crippen LogP contribution in [0.3, 0.4) is 0 Å². The number of carbonyl (C=O) groups is 1. The normalized spacial score (nSPS) is 18.4. The molecule has 1 N–H and O–H groups in total. The average molecular weight is 278 g/mol. The number of aliphatic hydroxyl groups excluding tert-OH is 1. The Morgan fingerprint density at radius 1 is 1.50 bits per heavy atom. The molecule has 2 aromatic rings. The molecule has 0 saturated carbocycles.